The lowest BCUT2D eigenvalue weighted by Crippen LogP contribution is -2.40. The molecule has 3 rings (SSSR count). The molecule has 2 aliphatic rings. The molecular formula is C17H28N4O2. The number of likely N-dealkylation sites (tertiary alicyclic amines) is 1. The van der Waals surface area contributed by atoms with Crippen LogP contribution in [0.5, 0.6) is 0 Å². The molecule has 6 heteroatoms. The number of amides is 1. The highest BCUT2D eigenvalue weighted by atomic mass is 16.3. The maximum Gasteiger partial charge on any atom is 0.225 e. The van der Waals surface area contributed by atoms with E-state index in [1.165, 1.54) is 19.3 Å². The Labute approximate surface area is 137 Å². The second-order valence-electron chi connectivity index (χ2n) is 7.10. The lowest BCUT2D eigenvalue weighted by molar-refractivity contribution is -0.134. The van der Waals surface area contributed by atoms with Crippen LogP contribution in [0.2, 0.25) is 0 Å². The Morgan fingerprint density at radius 1 is 1.39 bits per heavy atom. The minimum Gasteiger partial charge on any atom is -0.390 e. The van der Waals surface area contributed by atoms with E-state index in [1.807, 2.05) is 4.68 Å². The van der Waals surface area contributed by atoms with Crippen molar-refractivity contribution in [3.63, 3.8) is 0 Å². The van der Waals surface area contributed by atoms with Gasteiger partial charge in [0.25, 0.3) is 0 Å². The van der Waals surface area contributed by atoms with Gasteiger partial charge in [-0.05, 0) is 37.5 Å². The van der Waals surface area contributed by atoms with Crippen molar-refractivity contribution in [1.29, 1.82) is 0 Å². The van der Waals surface area contributed by atoms with Crippen molar-refractivity contribution in [2.45, 2.75) is 58.6 Å². The number of hydrogen-bond acceptors (Lipinski definition) is 4. The fourth-order valence-corrected chi connectivity index (χ4v) is 3.67. The predicted molar refractivity (Wildman–Crippen MR) is 86.4 cm³/mol. The van der Waals surface area contributed by atoms with E-state index < -0.39 is 0 Å². The van der Waals surface area contributed by atoms with E-state index in [1.54, 1.807) is 6.20 Å². The van der Waals surface area contributed by atoms with Gasteiger partial charge in [-0.15, -0.1) is 5.10 Å². The summed E-state index contributed by atoms with van der Waals surface area (Å²) < 4.78 is 1.81. The number of carbonyl (C=O) groups excluding carboxylic acids is 1. The molecule has 23 heavy (non-hydrogen) atoms. The number of aromatic nitrogens is 3. The van der Waals surface area contributed by atoms with Crippen molar-refractivity contribution in [1.82, 2.24) is 19.9 Å². The van der Waals surface area contributed by atoms with Crippen molar-refractivity contribution in [2.24, 2.45) is 17.8 Å². The van der Waals surface area contributed by atoms with Crippen LogP contribution in [0, 0.1) is 17.8 Å². The van der Waals surface area contributed by atoms with E-state index in [0.29, 0.717) is 29.4 Å². The molecule has 1 aromatic heterocycles. The number of piperidine rings is 1. The minimum absolute atomic E-state index is 0.0620. The van der Waals surface area contributed by atoms with E-state index in [-0.39, 0.29) is 6.61 Å². The quantitative estimate of drug-likeness (QED) is 0.832. The van der Waals surface area contributed by atoms with Gasteiger partial charge in [-0.3, -0.25) is 9.48 Å². The SMILES string of the molecule is CCCC[C@@H]1C[C@@H]1C(=O)N1CCC(Cn2cc(CO)nn2)CC1. The first-order valence-electron chi connectivity index (χ1n) is 9.00. The van der Waals surface area contributed by atoms with Gasteiger partial charge in [0.1, 0.15) is 5.69 Å². The summed E-state index contributed by atoms with van der Waals surface area (Å²) in [6.45, 7) is 4.73. The summed E-state index contributed by atoms with van der Waals surface area (Å²) in [6, 6.07) is 0. The number of carbonyl (C=O) groups is 1. The van der Waals surface area contributed by atoms with Crippen LogP contribution in [-0.2, 0) is 17.9 Å². The molecule has 1 aliphatic heterocycles. The van der Waals surface area contributed by atoms with Crippen LogP contribution >= 0.6 is 0 Å². The molecule has 1 aliphatic carbocycles. The first kappa shape index (κ1) is 16.4. The highest BCUT2D eigenvalue weighted by Gasteiger charge is 2.44. The minimum atomic E-state index is -0.0620. The first-order chi connectivity index (χ1) is 11.2. The Balaban J connectivity index is 1.41. The maximum atomic E-state index is 12.5. The van der Waals surface area contributed by atoms with Gasteiger partial charge in [-0.1, -0.05) is 25.0 Å². The molecule has 0 radical (unpaired) electrons. The molecule has 128 valence electrons. The number of aliphatic hydroxyl groups excluding tert-OH is 1. The predicted octanol–water partition coefficient (Wildman–Crippen LogP) is 1.84. The van der Waals surface area contributed by atoms with Crippen LogP contribution in [0.4, 0.5) is 0 Å². The van der Waals surface area contributed by atoms with Gasteiger partial charge in [0.15, 0.2) is 0 Å². The van der Waals surface area contributed by atoms with Gasteiger partial charge in [-0.2, -0.15) is 0 Å². The number of rotatable bonds is 7. The van der Waals surface area contributed by atoms with Crippen molar-refractivity contribution >= 4 is 5.91 Å². The molecule has 6 nitrogen and oxygen atoms in total. The molecule has 0 spiro atoms. The Morgan fingerprint density at radius 3 is 2.83 bits per heavy atom. The molecule has 2 fully saturated rings. The maximum absolute atomic E-state index is 12.5. The second kappa shape index (κ2) is 7.43. The van der Waals surface area contributed by atoms with E-state index in [2.05, 4.69) is 22.1 Å². The largest absolute Gasteiger partial charge is 0.390 e. The molecule has 0 aromatic carbocycles. The third-order valence-electron chi connectivity index (χ3n) is 5.29. The summed E-state index contributed by atoms with van der Waals surface area (Å²) in [5, 5.41) is 17.0. The standard InChI is InChI=1S/C17H28N4O2/c1-2-3-4-14-9-16(14)17(23)20-7-5-13(6-8-20)10-21-11-15(12-22)18-19-21/h11,13-14,16,22H,2-10,12H2,1H3/t14-,16+/m1/s1. The summed E-state index contributed by atoms with van der Waals surface area (Å²) in [4.78, 5) is 14.6. The van der Waals surface area contributed by atoms with Crippen molar-refractivity contribution in [3.8, 4) is 0 Å². The molecule has 1 aromatic rings. The molecular weight excluding hydrogens is 292 g/mol. The summed E-state index contributed by atoms with van der Waals surface area (Å²) in [7, 11) is 0. The number of nitrogens with zero attached hydrogens (tertiary/aromatic N) is 4. The van der Waals surface area contributed by atoms with Gasteiger partial charge in [0.05, 0.1) is 12.8 Å². The van der Waals surface area contributed by atoms with Crippen LogP contribution in [0.1, 0.15) is 51.1 Å². The molecule has 1 amide bonds. The van der Waals surface area contributed by atoms with E-state index in [9.17, 15) is 4.79 Å². The van der Waals surface area contributed by atoms with Crippen LogP contribution in [0.25, 0.3) is 0 Å². The molecule has 2 heterocycles. The normalized spacial score (nSPS) is 24.9. The summed E-state index contributed by atoms with van der Waals surface area (Å²) >= 11 is 0. The molecule has 0 bridgehead atoms. The fourth-order valence-electron chi connectivity index (χ4n) is 3.67. The zero-order chi connectivity index (χ0) is 16.2. The van der Waals surface area contributed by atoms with Gasteiger partial charge in [0, 0.05) is 25.6 Å². The summed E-state index contributed by atoms with van der Waals surface area (Å²) in [6.07, 6.45) is 8.69. The average Bonchev–Trinajstić information content (AvgIpc) is 3.22. The Kier molecular flexibility index (Phi) is 5.30. The average molecular weight is 320 g/mol. The van der Waals surface area contributed by atoms with Crippen molar-refractivity contribution in [2.75, 3.05) is 13.1 Å². The summed E-state index contributed by atoms with van der Waals surface area (Å²) in [5.41, 5.74) is 0.615. The van der Waals surface area contributed by atoms with Crippen molar-refractivity contribution in [3.05, 3.63) is 11.9 Å². The van der Waals surface area contributed by atoms with Gasteiger partial charge in [-0.25, -0.2) is 0 Å². The summed E-state index contributed by atoms with van der Waals surface area (Å²) in [5.74, 6) is 1.92. The number of hydrogen-bond donors (Lipinski definition) is 1. The van der Waals surface area contributed by atoms with Crippen LogP contribution in [0.3, 0.4) is 0 Å². The zero-order valence-corrected chi connectivity index (χ0v) is 14.0. The van der Waals surface area contributed by atoms with Crippen molar-refractivity contribution < 1.29 is 9.90 Å². The van der Waals surface area contributed by atoms with E-state index in [0.717, 1.165) is 38.9 Å². The highest BCUT2D eigenvalue weighted by Crippen LogP contribution is 2.44. The third-order valence-corrected chi connectivity index (χ3v) is 5.29. The first-order valence-corrected chi connectivity index (χ1v) is 9.00. The molecule has 0 unspecified atom stereocenters. The van der Waals surface area contributed by atoms with E-state index in [4.69, 9.17) is 5.11 Å². The Hall–Kier alpha value is -1.43. The molecule has 1 N–H and O–H groups in total. The Bertz CT molecular complexity index is 522. The molecule has 1 saturated heterocycles. The van der Waals surface area contributed by atoms with Crippen LogP contribution in [-0.4, -0.2) is 44.0 Å². The number of unbranched alkanes of at least 4 members (excludes halogenated alkanes) is 1. The third kappa shape index (κ3) is 4.10. The highest BCUT2D eigenvalue weighted by molar-refractivity contribution is 5.81. The lowest BCUT2D eigenvalue weighted by atomic mass is 9.96. The zero-order valence-electron chi connectivity index (χ0n) is 14.0. The van der Waals surface area contributed by atoms with Gasteiger partial charge in [0.2, 0.25) is 5.91 Å². The van der Waals surface area contributed by atoms with Gasteiger partial charge < -0.3 is 10.0 Å². The fraction of sp³-hybridized carbons (Fsp3) is 0.824. The smallest absolute Gasteiger partial charge is 0.225 e. The lowest BCUT2D eigenvalue weighted by Gasteiger charge is -2.32. The monoisotopic (exact) mass is 320 g/mol. The van der Waals surface area contributed by atoms with Crippen LogP contribution < -0.4 is 0 Å². The topological polar surface area (TPSA) is 71.2 Å². The van der Waals surface area contributed by atoms with Crippen LogP contribution in [0.15, 0.2) is 6.20 Å². The molecule has 1 saturated carbocycles. The molecule has 2 atom stereocenters. The Morgan fingerprint density at radius 2 is 2.17 bits per heavy atom. The number of aliphatic hydroxyl groups is 1. The second-order valence-corrected chi connectivity index (χ2v) is 7.10. The van der Waals surface area contributed by atoms with E-state index >= 15 is 0 Å². The van der Waals surface area contributed by atoms with Gasteiger partial charge >= 0.3 is 0 Å².